The summed E-state index contributed by atoms with van der Waals surface area (Å²) in [5.74, 6) is 1.15. The molecule has 0 radical (unpaired) electrons. The molecule has 5 rings (SSSR count). The summed E-state index contributed by atoms with van der Waals surface area (Å²) in [6.45, 7) is 6.98. The fourth-order valence-electron chi connectivity index (χ4n) is 4.61. The highest BCUT2D eigenvalue weighted by atomic mass is 35.5. The zero-order chi connectivity index (χ0) is 23.8. The molecule has 2 atom stereocenters. The SMILES string of the molecule is CC(C)c1cccc([C@H](C)NC(=O)c2ccc3c(c2)ncn3C2CCOc3cc(Cl)ccc32)c1. The first-order chi connectivity index (χ1) is 16.4. The molecule has 0 fully saturated rings. The van der Waals surface area contributed by atoms with E-state index in [1.165, 1.54) is 5.56 Å². The summed E-state index contributed by atoms with van der Waals surface area (Å²) in [6.07, 6.45) is 2.69. The molecule has 0 aliphatic carbocycles. The van der Waals surface area contributed by atoms with Crippen LogP contribution in [0.5, 0.6) is 5.75 Å². The Labute approximate surface area is 204 Å². The first-order valence-corrected chi connectivity index (χ1v) is 12.1. The van der Waals surface area contributed by atoms with Crippen molar-refractivity contribution in [1.29, 1.82) is 0 Å². The van der Waals surface area contributed by atoms with Gasteiger partial charge in [-0.2, -0.15) is 0 Å². The third-order valence-electron chi connectivity index (χ3n) is 6.58. The molecule has 2 heterocycles. The maximum Gasteiger partial charge on any atom is 0.251 e. The summed E-state index contributed by atoms with van der Waals surface area (Å²) in [5.41, 5.74) is 5.84. The molecule has 1 aromatic heterocycles. The number of benzene rings is 3. The van der Waals surface area contributed by atoms with Crippen molar-refractivity contribution in [2.24, 2.45) is 0 Å². The number of imidazole rings is 1. The third kappa shape index (κ3) is 4.28. The van der Waals surface area contributed by atoms with Crippen molar-refractivity contribution in [3.8, 4) is 5.75 Å². The van der Waals surface area contributed by atoms with Crippen molar-refractivity contribution < 1.29 is 9.53 Å². The number of carbonyl (C=O) groups is 1. The van der Waals surface area contributed by atoms with E-state index in [9.17, 15) is 4.79 Å². The van der Waals surface area contributed by atoms with E-state index >= 15 is 0 Å². The summed E-state index contributed by atoms with van der Waals surface area (Å²) in [6, 6.07) is 19.9. The number of nitrogens with zero attached hydrogens (tertiary/aromatic N) is 2. The van der Waals surface area contributed by atoms with Crippen molar-refractivity contribution in [1.82, 2.24) is 14.9 Å². The number of carbonyl (C=O) groups excluding carboxylic acids is 1. The molecule has 5 nitrogen and oxygen atoms in total. The minimum Gasteiger partial charge on any atom is -0.493 e. The van der Waals surface area contributed by atoms with Gasteiger partial charge in [0, 0.05) is 22.6 Å². The highest BCUT2D eigenvalue weighted by Crippen LogP contribution is 2.37. The number of nitrogens with one attached hydrogen (secondary N) is 1. The molecule has 1 amide bonds. The molecule has 0 saturated carbocycles. The predicted molar refractivity (Wildman–Crippen MR) is 136 cm³/mol. The second-order valence-electron chi connectivity index (χ2n) is 9.21. The van der Waals surface area contributed by atoms with Gasteiger partial charge in [0.2, 0.25) is 0 Å². The lowest BCUT2D eigenvalue weighted by atomic mass is 9.98. The van der Waals surface area contributed by atoms with Crippen LogP contribution in [0.15, 0.2) is 67.0 Å². The van der Waals surface area contributed by atoms with Crippen LogP contribution in [-0.2, 0) is 0 Å². The van der Waals surface area contributed by atoms with Gasteiger partial charge in [-0.05, 0) is 54.3 Å². The molecule has 6 heteroatoms. The van der Waals surface area contributed by atoms with Crippen LogP contribution in [0.25, 0.3) is 11.0 Å². The smallest absolute Gasteiger partial charge is 0.251 e. The molecule has 1 aliphatic heterocycles. The molecule has 3 aromatic carbocycles. The number of aromatic nitrogens is 2. The lowest BCUT2D eigenvalue weighted by Crippen LogP contribution is -2.26. The number of ether oxygens (including phenoxy) is 1. The van der Waals surface area contributed by atoms with Gasteiger partial charge in [-0.3, -0.25) is 4.79 Å². The Morgan fingerprint density at radius 2 is 1.91 bits per heavy atom. The number of hydrogen-bond acceptors (Lipinski definition) is 3. The van der Waals surface area contributed by atoms with Crippen LogP contribution in [0.4, 0.5) is 0 Å². The van der Waals surface area contributed by atoms with Gasteiger partial charge >= 0.3 is 0 Å². The van der Waals surface area contributed by atoms with Crippen molar-refractivity contribution in [2.75, 3.05) is 6.61 Å². The Hall–Kier alpha value is -3.31. The Morgan fingerprint density at radius 1 is 1.09 bits per heavy atom. The van der Waals surface area contributed by atoms with Gasteiger partial charge < -0.3 is 14.6 Å². The van der Waals surface area contributed by atoms with Crippen LogP contribution < -0.4 is 10.1 Å². The molecular formula is C28H28ClN3O2. The molecule has 1 aliphatic rings. The zero-order valence-electron chi connectivity index (χ0n) is 19.6. The minimum absolute atomic E-state index is 0.0926. The standard InChI is InChI=1S/C28H28ClN3O2/c1-17(2)19-5-4-6-20(13-19)18(3)31-28(33)21-7-10-26-24(14-21)30-16-32(26)25-11-12-34-27-15-22(29)8-9-23(25)27/h4-10,13-18,25H,11-12H2,1-3H3,(H,31,33)/t18-,25?/m0/s1. The van der Waals surface area contributed by atoms with E-state index in [0.717, 1.165) is 34.3 Å². The number of hydrogen-bond donors (Lipinski definition) is 1. The van der Waals surface area contributed by atoms with Crippen LogP contribution in [0.1, 0.15) is 72.2 Å². The van der Waals surface area contributed by atoms with Crippen LogP contribution >= 0.6 is 11.6 Å². The van der Waals surface area contributed by atoms with Gasteiger partial charge in [-0.15, -0.1) is 0 Å². The lowest BCUT2D eigenvalue weighted by molar-refractivity contribution is 0.0940. The second-order valence-corrected chi connectivity index (χ2v) is 9.65. The molecule has 0 saturated heterocycles. The molecule has 0 spiro atoms. The predicted octanol–water partition coefficient (Wildman–Crippen LogP) is 6.68. The number of amides is 1. The zero-order valence-corrected chi connectivity index (χ0v) is 20.3. The Bertz CT molecular complexity index is 1360. The molecule has 34 heavy (non-hydrogen) atoms. The monoisotopic (exact) mass is 473 g/mol. The number of fused-ring (bicyclic) bond motifs is 2. The van der Waals surface area contributed by atoms with Crippen LogP contribution in [0.3, 0.4) is 0 Å². The maximum absolute atomic E-state index is 13.0. The summed E-state index contributed by atoms with van der Waals surface area (Å²) >= 11 is 6.15. The molecule has 1 N–H and O–H groups in total. The van der Waals surface area contributed by atoms with Gasteiger partial charge in [0.25, 0.3) is 5.91 Å². The van der Waals surface area contributed by atoms with Crippen LogP contribution in [-0.4, -0.2) is 22.1 Å². The van der Waals surface area contributed by atoms with E-state index in [2.05, 4.69) is 53.0 Å². The topological polar surface area (TPSA) is 56.2 Å². The Balaban J connectivity index is 1.38. The molecular weight excluding hydrogens is 446 g/mol. The summed E-state index contributed by atoms with van der Waals surface area (Å²) in [7, 11) is 0. The molecule has 174 valence electrons. The van der Waals surface area contributed by atoms with Gasteiger partial charge in [0.1, 0.15) is 5.75 Å². The summed E-state index contributed by atoms with van der Waals surface area (Å²) in [5, 5.41) is 3.79. The minimum atomic E-state index is -0.107. The van der Waals surface area contributed by atoms with E-state index in [4.69, 9.17) is 16.3 Å². The summed E-state index contributed by atoms with van der Waals surface area (Å²) in [4.78, 5) is 17.6. The fourth-order valence-corrected chi connectivity index (χ4v) is 4.77. The average Bonchev–Trinajstić information content (AvgIpc) is 3.26. The van der Waals surface area contributed by atoms with Crippen molar-refractivity contribution in [3.63, 3.8) is 0 Å². The van der Waals surface area contributed by atoms with Crippen LogP contribution in [0.2, 0.25) is 5.02 Å². The lowest BCUT2D eigenvalue weighted by Gasteiger charge is -2.27. The third-order valence-corrected chi connectivity index (χ3v) is 6.82. The van der Waals surface area contributed by atoms with Gasteiger partial charge in [0.05, 0.1) is 36.1 Å². The van der Waals surface area contributed by atoms with E-state index in [-0.39, 0.29) is 18.0 Å². The largest absolute Gasteiger partial charge is 0.493 e. The highest BCUT2D eigenvalue weighted by molar-refractivity contribution is 6.30. The highest BCUT2D eigenvalue weighted by Gasteiger charge is 2.25. The quantitative estimate of drug-likeness (QED) is 0.352. The Morgan fingerprint density at radius 3 is 2.74 bits per heavy atom. The number of halogens is 1. The molecule has 0 bridgehead atoms. The maximum atomic E-state index is 13.0. The normalized spacial score (nSPS) is 16.2. The fraction of sp³-hybridized carbons (Fsp3) is 0.286. The van der Waals surface area contributed by atoms with E-state index in [0.29, 0.717) is 23.1 Å². The average molecular weight is 474 g/mol. The molecule has 4 aromatic rings. The second kappa shape index (κ2) is 9.15. The van der Waals surface area contributed by atoms with Gasteiger partial charge in [0.15, 0.2) is 0 Å². The Kier molecular flexibility index (Phi) is 6.05. The van der Waals surface area contributed by atoms with E-state index < -0.39 is 0 Å². The van der Waals surface area contributed by atoms with Crippen molar-refractivity contribution in [2.45, 2.75) is 45.2 Å². The van der Waals surface area contributed by atoms with Crippen molar-refractivity contribution in [3.05, 3.63) is 94.3 Å². The van der Waals surface area contributed by atoms with Gasteiger partial charge in [-0.1, -0.05) is 55.8 Å². The first-order valence-electron chi connectivity index (χ1n) is 11.7. The molecule has 1 unspecified atom stereocenters. The van der Waals surface area contributed by atoms with Gasteiger partial charge in [-0.25, -0.2) is 4.98 Å². The first kappa shape index (κ1) is 22.5. The van der Waals surface area contributed by atoms with Crippen molar-refractivity contribution >= 4 is 28.5 Å². The number of rotatable bonds is 5. The summed E-state index contributed by atoms with van der Waals surface area (Å²) < 4.78 is 7.98. The van der Waals surface area contributed by atoms with E-state index in [1.807, 2.05) is 49.6 Å². The van der Waals surface area contributed by atoms with E-state index in [1.54, 1.807) is 0 Å². The van der Waals surface area contributed by atoms with Crippen LogP contribution in [0, 0.1) is 0 Å².